The number of nitrogens with one attached hydrogen (secondary N) is 2. The second-order valence-corrected chi connectivity index (χ2v) is 5.77. The van der Waals surface area contributed by atoms with E-state index in [0.29, 0.717) is 16.5 Å². The number of halogens is 1. The van der Waals surface area contributed by atoms with Crippen LogP contribution in [-0.2, 0) is 4.79 Å². The number of aromatic amines is 1. The van der Waals surface area contributed by atoms with Crippen LogP contribution in [0, 0.1) is 6.92 Å². The number of aromatic nitrogens is 3. The van der Waals surface area contributed by atoms with E-state index in [4.69, 9.17) is 0 Å². The Kier molecular flexibility index (Phi) is 4.91. The molecule has 0 atom stereocenters. The minimum absolute atomic E-state index is 0.143. The third-order valence-electron chi connectivity index (χ3n) is 2.31. The zero-order chi connectivity index (χ0) is 14.5. The van der Waals surface area contributed by atoms with Gasteiger partial charge in [-0.1, -0.05) is 27.7 Å². The van der Waals surface area contributed by atoms with E-state index in [1.807, 2.05) is 12.1 Å². The lowest BCUT2D eigenvalue weighted by Gasteiger charge is -2.04. The van der Waals surface area contributed by atoms with E-state index in [-0.39, 0.29) is 17.2 Å². The summed E-state index contributed by atoms with van der Waals surface area (Å²) in [6.45, 7) is 1.57. The number of H-pyrrole nitrogens is 1. The number of hydrogen-bond donors (Lipinski definition) is 2. The van der Waals surface area contributed by atoms with Crippen LogP contribution in [0.4, 0.5) is 5.69 Å². The predicted molar refractivity (Wildman–Crippen MR) is 80.9 cm³/mol. The molecular weight excluding hydrogens is 344 g/mol. The zero-order valence-corrected chi connectivity index (χ0v) is 12.9. The van der Waals surface area contributed by atoms with Crippen LogP contribution in [0.2, 0.25) is 0 Å². The molecule has 2 N–H and O–H groups in total. The van der Waals surface area contributed by atoms with E-state index >= 15 is 0 Å². The molecule has 0 aliphatic heterocycles. The summed E-state index contributed by atoms with van der Waals surface area (Å²) in [4.78, 5) is 25.6. The third-order valence-corrected chi connectivity index (χ3v) is 3.70. The highest BCUT2D eigenvalue weighted by Gasteiger charge is 2.06. The number of anilines is 1. The predicted octanol–water partition coefficient (Wildman–Crippen LogP) is 1.97. The summed E-state index contributed by atoms with van der Waals surface area (Å²) in [5, 5.41) is 10.6. The van der Waals surface area contributed by atoms with Gasteiger partial charge in [-0.25, -0.2) is 0 Å². The number of benzene rings is 1. The van der Waals surface area contributed by atoms with Gasteiger partial charge in [-0.05, 0) is 31.2 Å². The fourth-order valence-electron chi connectivity index (χ4n) is 1.31. The van der Waals surface area contributed by atoms with Crippen LogP contribution in [0.15, 0.2) is 38.7 Å². The molecular formula is C12H11BrN4O2S. The standard InChI is InChI=1S/C12H11BrN4O2S/c1-7-11(19)15-12(17-16-7)20-6-10(18)14-9-4-2-8(13)3-5-9/h2-5H,6H2,1H3,(H,14,18)(H,15,17,19). The van der Waals surface area contributed by atoms with Crippen molar-refractivity contribution in [1.82, 2.24) is 15.2 Å². The van der Waals surface area contributed by atoms with Crippen LogP contribution in [0.25, 0.3) is 0 Å². The zero-order valence-electron chi connectivity index (χ0n) is 10.5. The molecule has 0 saturated heterocycles. The largest absolute Gasteiger partial charge is 0.325 e. The molecule has 0 fully saturated rings. The maximum Gasteiger partial charge on any atom is 0.273 e. The first-order valence-electron chi connectivity index (χ1n) is 5.66. The van der Waals surface area contributed by atoms with E-state index in [1.54, 1.807) is 19.1 Å². The van der Waals surface area contributed by atoms with E-state index in [0.717, 1.165) is 16.2 Å². The average molecular weight is 355 g/mol. The van der Waals surface area contributed by atoms with Gasteiger partial charge < -0.3 is 5.32 Å². The van der Waals surface area contributed by atoms with Gasteiger partial charge in [0.25, 0.3) is 5.56 Å². The van der Waals surface area contributed by atoms with Gasteiger partial charge in [0.15, 0.2) is 5.16 Å². The summed E-state index contributed by atoms with van der Waals surface area (Å²) in [5.41, 5.74) is 0.715. The van der Waals surface area contributed by atoms with Crippen LogP contribution < -0.4 is 10.9 Å². The van der Waals surface area contributed by atoms with Crippen molar-refractivity contribution < 1.29 is 4.79 Å². The van der Waals surface area contributed by atoms with Crippen LogP contribution in [0.1, 0.15) is 5.69 Å². The minimum Gasteiger partial charge on any atom is -0.325 e. The number of carbonyl (C=O) groups excluding carboxylic acids is 1. The van der Waals surface area contributed by atoms with Crippen LogP contribution in [-0.4, -0.2) is 26.8 Å². The summed E-state index contributed by atoms with van der Waals surface area (Å²) in [6, 6.07) is 7.26. The Hall–Kier alpha value is -1.67. The molecule has 0 spiro atoms. The smallest absolute Gasteiger partial charge is 0.273 e. The molecule has 1 heterocycles. The van der Waals surface area contributed by atoms with E-state index in [2.05, 4.69) is 36.4 Å². The number of amides is 1. The van der Waals surface area contributed by atoms with Crippen molar-refractivity contribution in [1.29, 1.82) is 0 Å². The minimum atomic E-state index is -0.296. The summed E-state index contributed by atoms with van der Waals surface area (Å²) in [5.74, 6) is -0.0374. The molecule has 8 heteroatoms. The Balaban J connectivity index is 1.90. The number of rotatable bonds is 4. The van der Waals surface area contributed by atoms with Gasteiger partial charge in [-0.15, -0.1) is 10.2 Å². The third kappa shape index (κ3) is 4.17. The summed E-state index contributed by atoms with van der Waals surface area (Å²) in [6.07, 6.45) is 0. The lowest BCUT2D eigenvalue weighted by Crippen LogP contribution is -2.17. The molecule has 20 heavy (non-hydrogen) atoms. The Morgan fingerprint density at radius 3 is 2.70 bits per heavy atom. The molecule has 0 bridgehead atoms. The number of hydrogen-bond acceptors (Lipinski definition) is 5. The fraction of sp³-hybridized carbons (Fsp3) is 0.167. The second-order valence-electron chi connectivity index (χ2n) is 3.89. The topological polar surface area (TPSA) is 87.7 Å². The monoisotopic (exact) mass is 354 g/mol. The first-order chi connectivity index (χ1) is 9.54. The average Bonchev–Trinajstić information content (AvgIpc) is 2.43. The lowest BCUT2D eigenvalue weighted by molar-refractivity contribution is -0.113. The number of nitrogens with zero attached hydrogens (tertiary/aromatic N) is 2. The first kappa shape index (κ1) is 14.7. The Morgan fingerprint density at radius 2 is 2.05 bits per heavy atom. The van der Waals surface area contributed by atoms with Gasteiger partial charge in [0, 0.05) is 10.2 Å². The van der Waals surface area contributed by atoms with Crippen LogP contribution in [0.5, 0.6) is 0 Å². The quantitative estimate of drug-likeness (QED) is 0.819. The van der Waals surface area contributed by atoms with Gasteiger partial charge in [0.1, 0.15) is 5.69 Å². The Bertz CT molecular complexity index is 672. The fourth-order valence-corrected chi connectivity index (χ4v) is 2.18. The van der Waals surface area contributed by atoms with Gasteiger partial charge in [-0.3, -0.25) is 14.6 Å². The number of carbonyl (C=O) groups is 1. The van der Waals surface area contributed by atoms with E-state index < -0.39 is 0 Å². The van der Waals surface area contributed by atoms with Crippen molar-refractivity contribution in [3.63, 3.8) is 0 Å². The molecule has 1 amide bonds. The second kappa shape index (κ2) is 6.67. The first-order valence-corrected chi connectivity index (χ1v) is 7.44. The van der Waals surface area contributed by atoms with Gasteiger partial charge in [0.05, 0.1) is 5.75 Å². The summed E-state index contributed by atoms with van der Waals surface area (Å²) < 4.78 is 0.942. The molecule has 1 aromatic heterocycles. The van der Waals surface area contributed by atoms with Gasteiger partial charge in [0.2, 0.25) is 5.91 Å². The molecule has 104 valence electrons. The molecule has 0 aliphatic rings. The maximum absolute atomic E-state index is 11.7. The maximum atomic E-state index is 11.7. The van der Waals surface area contributed by atoms with Crippen molar-refractivity contribution in [3.05, 3.63) is 44.8 Å². The van der Waals surface area contributed by atoms with Crippen molar-refractivity contribution in [3.8, 4) is 0 Å². The highest BCUT2D eigenvalue weighted by atomic mass is 79.9. The summed E-state index contributed by atoms with van der Waals surface area (Å²) in [7, 11) is 0. The highest BCUT2D eigenvalue weighted by Crippen LogP contribution is 2.15. The molecule has 1 aromatic carbocycles. The molecule has 0 unspecified atom stereocenters. The normalized spacial score (nSPS) is 10.3. The summed E-state index contributed by atoms with van der Waals surface area (Å²) >= 11 is 4.44. The SMILES string of the molecule is Cc1nnc(SCC(=O)Nc2ccc(Br)cc2)[nH]c1=O. The molecule has 6 nitrogen and oxygen atoms in total. The molecule has 0 aliphatic carbocycles. The number of aryl methyl sites for hydroxylation is 1. The lowest BCUT2D eigenvalue weighted by atomic mass is 10.3. The van der Waals surface area contributed by atoms with Crippen molar-refractivity contribution in [2.24, 2.45) is 0 Å². The molecule has 2 aromatic rings. The Morgan fingerprint density at radius 1 is 1.35 bits per heavy atom. The van der Waals surface area contributed by atoms with E-state index in [9.17, 15) is 9.59 Å². The number of thioether (sulfide) groups is 1. The van der Waals surface area contributed by atoms with Crippen LogP contribution in [0.3, 0.4) is 0 Å². The van der Waals surface area contributed by atoms with Crippen molar-refractivity contribution in [2.45, 2.75) is 12.1 Å². The van der Waals surface area contributed by atoms with Crippen molar-refractivity contribution in [2.75, 3.05) is 11.1 Å². The van der Waals surface area contributed by atoms with E-state index in [1.165, 1.54) is 0 Å². The Labute approximate surface area is 127 Å². The molecule has 0 saturated carbocycles. The molecule has 0 radical (unpaired) electrons. The highest BCUT2D eigenvalue weighted by molar-refractivity contribution is 9.10. The van der Waals surface area contributed by atoms with Gasteiger partial charge >= 0.3 is 0 Å². The van der Waals surface area contributed by atoms with Crippen LogP contribution >= 0.6 is 27.7 Å². The van der Waals surface area contributed by atoms with Crippen molar-refractivity contribution >= 4 is 39.3 Å². The van der Waals surface area contributed by atoms with Gasteiger partial charge in [-0.2, -0.15) is 0 Å². The molecule has 2 rings (SSSR count).